The summed E-state index contributed by atoms with van der Waals surface area (Å²) in [5.74, 6) is -0.545. The molecule has 20 heavy (non-hydrogen) atoms. The average Bonchev–Trinajstić information content (AvgIpc) is 2.81. The number of rotatable bonds is 4. The van der Waals surface area contributed by atoms with E-state index in [0.29, 0.717) is 27.0 Å². The minimum atomic E-state index is -0.894. The van der Waals surface area contributed by atoms with Gasteiger partial charge in [0.25, 0.3) is 5.78 Å². The van der Waals surface area contributed by atoms with E-state index in [1.165, 1.54) is 13.2 Å². The normalized spacial score (nSPS) is 10.6. The van der Waals surface area contributed by atoms with Crippen LogP contribution in [-0.2, 0) is 9.53 Å². The lowest BCUT2D eigenvalue weighted by Gasteiger charge is -2.07. The molecular formula is C14H13BrO5. The van der Waals surface area contributed by atoms with E-state index >= 15 is 0 Å². The van der Waals surface area contributed by atoms with Gasteiger partial charge in [-0.3, -0.25) is 4.79 Å². The lowest BCUT2D eigenvalue weighted by atomic mass is 10.1. The summed E-state index contributed by atoms with van der Waals surface area (Å²) >= 11 is 3.33. The predicted octanol–water partition coefficient (Wildman–Crippen LogP) is 3.26. The van der Waals surface area contributed by atoms with Gasteiger partial charge in [-0.25, -0.2) is 4.79 Å². The quantitative estimate of drug-likeness (QED) is 0.485. The number of methoxy groups -OCH3 is 1. The molecule has 0 aliphatic carbocycles. The molecule has 5 nitrogen and oxygen atoms in total. The monoisotopic (exact) mass is 340 g/mol. The van der Waals surface area contributed by atoms with Crippen molar-refractivity contribution < 1.29 is 23.5 Å². The van der Waals surface area contributed by atoms with Crippen LogP contribution in [0.2, 0.25) is 0 Å². The summed E-state index contributed by atoms with van der Waals surface area (Å²) in [6.07, 6.45) is 0. The Bertz CT molecular complexity index is 686. The number of fused-ring (bicyclic) bond motifs is 1. The van der Waals surface area contributed by atoms with Gasteiger partial charge < -0.3 is 13.9 Å². The fraction of sp³-hybridized carbons (Fsp3) is 0.286. The maximum Gasteiger partial charge on any atom is 0.379 e. The smallest absolute Gasteiger partial charge is 0.379 e. The molecule has 2 aromatic rings. The zero-order valence-electron chi connectivity index (χ0n) is 11.3. The molecule has 6 heteroatoms. The van der Waals surface area contributed by atoms with Crippen molar-refractivity contribution in [3.8, 4) is 5.75 Å². The molecular weight excluding hydrogens is 328 g/mol. The first kappa shape index (κ1) is 14.6. The SMILES string of the molecule is CCOC(=O)C(=O)c1cc(OC)c2oc(C)cc2c1Br. The topological polar surface area (TPSA) is 65.7 Å². The van der Waals surface area contributed by atoms with E-state index in [2.05, 4.69) is 15.9 Å². The summed E-state index contributed by atoms with van der Waals surface area (Å²) in [7, 11) is 1.47. The molecule has 0 saturated carbocycles. The molecule has 1 aromatic heterocycles. The van der Waals surface area contributed by atoms with Gasteiger partial charge in [-0.15, -0.1) is 0 Å². The van der Waals surface area contributed by atoms with Gasteiger partial charge in [0.05, 0.1) is 13.7 Å². The third kappa shape index (κ3) is 2.43. The Morgan fingerprint density at radius 1 is 1.35 bits per heavy atom. The van der Waals surface area contributed by atoms with Gasteiger partial charge in [0.2, 0.25) is 0 Å². The van der Waals surface area contributed by atoms with Gasteiger partial charge in [-0.2, -0.15) is 0 Å². The first-order valence-corrected chi connectivity index (χ1v) is 6.77. The molecule has 106 valence electrons. The lowest BCUT2D eigenvalue weighted by molar-refractivity contribution is -0.137. The van der Waals surface area contributed by atoms with Crippen LogP contribution in [0.25, 0.3) is 11.0 Å². The van der Waals surface area contributed by atoms with Gasteiger partial charge in [0, 0.05) is 15.4 Å². The molecule has 0 N–H and O–H groups in total. The Kier molecular flexibility index (Phi) is 4.13. The van der Waals surface area contributed by atoms with Crippen LogP contribution in [0.5, 0.6) is 5.75 Å². The number of furan rings is 1. The van der Waals surface area contributed by atoms with E-state index < -0.39 is 11.8 Å². The predicted molar refractivity (Wildman–Crippen MR) is 76.2 cm³/mol. The Morgan fingerprint density at radius 3 is 2.65 bits per heavy atom. The summed E-state index contributed by atoms with van der Waals surface area (Å²) < 4.78 is 16.0. The van der Waals surface area contributed by atoms with Crippen molar-refractivity contribution in [2.45, 2.75) is 13.8 Å². The van der Waals surface area contributed by atoms with Gasteiger partial charge in [0.1, 0.15) is 5.76 Å². The zero-order chi connectivity index (χ0) is 14.9. The van der Waals surface area contributed by atoms with E-state index in [1.807, 2.05) is 0 Å². The summed E-state index contributed by atoms with van der Waals surface area (Å²) in [5, 5.41) is 0.675. The molecule has 0 bridgehead atoms. The second kappa shape index (κ2) is 5.66. The number of halogens is 1. The van der Waals surface area contributed by atoms with E-state index in [1.54, 1.807) is 19.9 Å². The van der Waals surface area contributed by atoms with E-state index in [-0.39, 0.29) is 12.2 Å². The number of aryl methyl sites for hydroxylation is 1. The Labute approximate surface area is 124 Å². The van der Waals surface area contributed by atoms with E-state index in [4.69, 9.17) is 13.9 Å². The number of esters is 1. The van der Waals surface area contributed by atoms with E-state index in [0.717, 1.165) is 0 Å². The standard InChI is InChI=1S/C14H13BrO5/c1-4-19-14(17)12(16)8-6-10(18-3)13-9(11(8)15)5-7(2)20-13/h5-6H,4H2,1-3H3. The lowest BCUT2D eigenvalue weighted by Crippen LogP contribution is -2.18. The highest BCUT2D eigenvalue weighted by Crippen LogP contribution is 2.37. The number of ether oxygens (including phenoxy) is 2. The van der Waals surface area contributed by atoms with Crippen LogP contribution in [0.3, 0.4) is 0 Å². The molecule has 1 aromatic carbocycles. The van der Waals surface area contributed by atoms with Crippen molar-refractivity contribution in [1.82, 2.24) is 0 Å². The third-order valence-electron chi connectivity index (χ3n) is 2.75. The average molecular weight is 341 g/mol. The minimum absolute atomic E-state index is 0.145. The van der Waals surface area contributed by atoms with Crippen LogP contribution in [0, 0.1) is 6.92 Å². The van der Waals surface area contributed by atoms with Crippen LogP contribution in [0.1, 0.15) is 23.0 Å². The van der Waals surface area contributed by atoms with Crippen molar-refractivity contribution in [1.29, 1.82) is 0 Å². The zero-order valence-corrected chi connectivity index (χ0v) is 12.9. The fourth-order valence-electron chi connectivity index (χ4n) is 1.89. The maximum atomic E-state index is 12.1. The minimum Gasteiger partial charge on any atom is -0.493 e. The number of hydrogen-bond donors (Lipinski definition) is 0. The molecule has 0 spiro atoms. The van der Waals surface area contributed by atoms with Crippen molar-refractivity contribution in [2.75, 3.05) is 13.7 Å². The summed E-state index contributed by atoms with van der Waals surface area (Å²) in [6, 6.07) is 3.23. The molecule has 0 atom stereocenters. The number of carbonyl (C=O) groups excluding carboxylic acids is 2. The van der Waals surface area contributed by atoms with Crippen LogP contribution >= 0.6 is 15.9 Å². The number of Topliss-reactive ketones (excluding diaryl/α,β-unsaturated/α-hetero) is 1. The molecule has 0 radical (unpaired) electrons. The summed E-state index contributed by atoms with van der Waals surface area (Å²) in [4.78, 5) is 23.7. The van der Waals surface area contributed by atoms with Gasteiger partial charge in [0.15, 0.2) is 11.3 Å². The third-order valence-corrected chi connectivity index (χ3v) is 3.61. The van der Waals surface area contributed by atoms with E-state index in [9.17, 15) is 9.59 Å². The molecule has 1 heterocycles. The molecule has 0 aliphatic rings. The van der Waals surface area contributed by atoms with Crippen molar-refractivity contribution in [2.24, 2.45) is 0 Å². The van der Waals surface area contributed by atoms with Crippen LogP contribution in [-0.4, -0.2) is 25.5 Å². The van der Waals surface area contributed by atoms with Crippen LogP contribution in [0.4, 0.5) is 0 Å². The molecule has 0 amide bonds. The van der Waals surface area contributed by atoms with Gasteiger partial charge in [-0.1, -0.05) is 0 Å². The highest BCUT2D eigenvalue weighted by molar-refractivity contribution is 9.10. The fourth-order valence-corrected chi connectivity index (χ4v) is 2.48. The number of ketones is 1. The summed E-state index contributed by atoms with van der Waals surface area (Å²) in [5.41, 5.74) is 0.714. The van der Waals surface area contributed by atoms with Crippen molar-refractivity contribution >= 4 is 38.7 Å². The largest absolute Gasteiger partial charge is 0.493 e. The molecule has 0 saturated heterocycles. The number of benzene rings is 1. The number of hydrogen-bond acceptors (Lipinski definition) is 5. The molecule has 0 aliphatic heterocycles. The molecule has 0 fully saturated rings. The van der Waals surface area contributed by atoms with Gasteiger partial charge >= 0.3 is 5.97 Å². The van der Waals surface area contributed by atoms with Gasteiger partial charge in [-0.05, 0) is 41.9 Å². The summed E-state index contributed by atoms with van der Waals surface area (Å²) in [6.45, 7) is 3.58. The molecule has 2 rings (SSSR count). The van der Waals surface area contributed by atoms with Crippen molar-refractivity contribution in [3.05, 3.63) is 27.9 Å². The first-order chi connectivity index (χ1) is 9.49. The Balaban J connectivity index is 2.62. The van der Waals surface area contributed by atoms with Crippen LogP contribution < -0.4 is 4.74 Å². The van der Waals surface area contributed by atoms with Crippen molar-refractivity contribution in [3.63, 3.8) is 0 Å². The maximum absolute atomic E-state index is 12.1. The number of carbonyl (C=O) groups is 2. The Hall–Kier alpha value is -1.82. The highest BCUT2D eigenvalue weighted by Gasteiger charge is 2.24. The second-order valence-electron chi connectivity index (χ2n) is 4.09. The highest BCUT2D eigenvalue weighted by atomic mass is 79.9. The first-order valence-electron chi connectivity index (χ1n) is 5.97. The molecule has 0 unspecified atom stereocenters. The second-order valence-corrected chi connectivity index (χ2v) is 4.88. The Morgan fingerprint density at radius 2 is 2.05 bits per heavy atom. The van der Waals surface area contributed by atoms with Crippen LogP contribution in [0.15, 0.2) is 21.0 Å².